The van der Waals surface area contributed by atoms with Crippen LogP contribution in [0.2, 0.25) is 0 Å². The van der Waals surface area contributed by atoms with Gasteiger partial charge in [0.15, 0.2) is 0 Å². The first-order valence-corrected chi connectivity index (χ1v) is 26.7. The molecule has 12 aromatic carbocycles. The average Bonchev–Trinajstić information content (AvgIpc) is 4.21. The molecule has 0 N–H and O–H groups in total. The van der Waals surface area contributed by atoms with Gasteiger partial charge < -0.3 is 28.1 Å². The van der Waals surface area contributed by atoms with Crippen LogP contribution in [-0.4, -0.2) is 15.8 Å². The normalized spacial score (nSPS) is 12.0. The SMILES string of the molecule is c1ccc(Oc2cccc(Oc3ccc(-c4ccc(-n5c6ccccc6c6ccccc65)cc4)cc3)c2)cc1.c1ccc2c(c1)Oc1cccc3c1B2c1cc(-c2ccc(-n4c5ccccc5c5ccccc54)cc2)ccc1O3. The number of para-hydroxylation sites is 6. The van der Waals surface area contributed by atoms with E-state index >= 15 is 0 Å². The number of hydrogen-bond donors (Lipinski definition) is 0. The van der Waals surface area contributed by atoms with Gasteiger partial charge in [-0.05, 0) is 142 Å². The number of nitrogens with zero attached hydrogens (tertiary/aromatic N) is 2. The molecule has 0 saturated carbocycles. The Hall–Kier alpha value is -10.5. The van der Waals surface area contributed by atoms with Crippen LogP contribution in [0.25, 0.3) is 77.2 Å². The molecule has 0 bridgehead atoms. The summed E-state index contributed by atoms with van der Waals surface area (Å²) in [6.07, 6.45) is 0. The molecule has 0 aliphatic carbocycles. The van der Waals surface area contributed by atoms with Crippen LogP contribution in [0.15, 0.2) is 285 Å². The molecule has 0 amide bonds. The zero-order chi connectivity index (χ0) is 52.2. The van der Waals surface area contributed by atoms with Crippen molar-refractivity contribution < 1.29 is 18.9 Å². The molecule has 0 saturated heterocycles. The van der Waals surface area contributed by atoms with E-state index < -0.39 is 0 Å². The Balaban J connectivity index is 0.000000137. The van der Waals surface area contributed by atoms with Gasteiger partial charge in [-0.2, -0.15) is 0 Å². The van der Waals surface area contributed by atoms with Crippen LogP contribution >= 0.6 is 0 Å². The van der Waals surface area contributed by atoms with Crippen LogP contribution < -0.4 is 35.3 Å². The van der Waals surface area contributed by atoms with Gasteiger partial charge >= 0.3 is 0 Å². The Morgan fingerprint density at radius 1 is 0.266 bits per heavy atom. The van der Waals surface area contributed by atoms with E-state index in [9.17, 15) is 0 Å². The highest BCUT2D eigenvalue weighted by molar-refractivity contribution is 6.98. The molecule has 7 heteroatoms. The lowest BCUT2D eigenvalue weighted by atomic mass is 9.35. The van der Waals surface area contributed by atoms with E-state index in [0.717, 1.165) is 74.0 Å². The average molecular weight is 1010 g/mol. The van der Waals surface area contributed by atoms with Gasteiger partial charge in [0.25, 0.3) is 6.71 Å². The molecule has 372 valence electrons. The fraction of sp³-hybridized carbons (Fsp3) is 0. The molecule has 0 spiro atoms. The van der Waals surface area contributed by atoms with Crippen LogP contribution in [-0.2, 0) is 0 Å². The van der Waals surface area contributed by atoms with Crippen molar-refractivity contribution in [2.45, 2.75) is 0 Å². The van der Waals surface area contributed by atoms with Gasteiger partial charge in [-0.3, -0.25) is 0 Å². The van der Waals surface area contributed by atoms with E-state index in [1.165, 1.54) is 65.7 Å². The third-order valence-electron chi connectivity index (χ3n) is 15.3. The molecule has 79 heavy (non-hydrogen) atoms. The highest BCUT2D eigenvalue weighted by Crippen LogP contribution is 2.38. The number of fused-ring (bicyclic) bond motifs is 10. The second-order valence-electron chi connectivity index (χ2n) is 19.9. The minimum atomic E-state index is 0.0664. The highest BCUT2D eigenvalue weighted by atomic mass is 16.5. The van der Waals surface area contributed by atoms with Crippen LogP contribution in [0.5, 0.6) is 46.0 Å². The Labute approximate surface area is 457 Å². The maximum absolute atomic E-state index is 6.40. The minimum absolute atomic E-state index is 0.0664. The van der Waals surface area contributed by atoms with Crippen molar-refractivity contribution in [3.8, 4) is 79.6 Å². The zero-order valence-electron chi connectivity index (χ0n) is 42.7. The van der Waals surface area contributed by atoms with Gasteiger partial charge in [0.05, 0.1) is 22.1 Å². The quantitative estimate of drug-likeness (QED) is 0.142. The van der Waals surface area contributed by atoms with E-state index in [2.05, 4.69) is 203 Å². The zero-order valence-corrected chi connectivity index (χ0v) is 42.7. The summed E-state index contributed by atoms with van der Waals surface area (Å²) in [5.41, 5.74) is 15.2. The topological polar surface area (TPSA) is 46.8 Å². The lowest BCUT2D eigenvalue weighted by Crippen LogP contribution is -2.57. The van der Waals surface area contributed by atoms with Crippen molar-refractivity contribution in [1.29, 1.82) is 0 Å². The van der Waals surface area contributed by atoms with Crippen LogP contribution in [0.3, 0.4) is 0 Å². The van der Waals surface area contributed by atoms with Gasteiger partial charge in [-0.1, -0.05) is 170 Å². The summed E-state index contributed by atoms with van der Waals surface area (Å²) in [7, 11) is 0. The third-order valence-corrected chi connectivity index (χ3v) is 15.3. The molecular weight excluding hydrogens is 968 g/mol. The molecule has 4 heterocycles. The van der Waals surface area contributed by atoms with E-state index in [0.29, 0.717) is 0 Å². The number of rotatable bonds is 8. The summed E-state index contributed by atoms with van der Waals surface area (Å²) >= 11 is 0. The van der Waals surface area contributed by atoms with Crippen molar-refractivity contribution in [3.05, 3.63) is 285 Å². The van der Waals surface area contributed by atoms with Crippen LogP contribution in [0.4, 0.5) is 0 Å². The summed E-state index contributed by atoms with van der Waals surface area (Å²) < 4.78 is 29.4. The van der Waals surface area contributed by atoms with E-state index in [4.69, 9.17) is 18.9 Å². The molecule has 2 aliphatic heterocycles. The first-order chi connectivity index (χ1) is 39.1. The predicted molar refractivity (Wildman–Crippen MR) is 323 cm³/mol. The molecule has 0 fully saturated rings. The summed E-state index contributed by atoms with van der Waals surface area (Å²) in [5, 5.41) is 5.08. The smallest absolute Gasteiger partial charge is 0.260 e. The third kappa shape index (κ3) is 8.24. The van der Waals surface area contributed by atoms with Crippen molar-refractivity contribution in [2.75, 3.05) is 0 Å². The lowest BCUT2D eigenvalue weighted by molar-refractivity contribution is 0.460. The predicted octanol–water partition coefficient (Wildman–Crippen LogP) is 17.2. The molecule has 14 aromatic rings. The fourth-order valence-corrected chi connectivity index (χ4v) is 11.6. The molecule has 0 atom stereocenters. The molecule has 2 aliphatic rings. The monoisotopic (exact) mass is 1010 g/mol. The maximum atomic E-state index is 6.40. The first-order valence-electron chi connectivity index (χ1n) is 26.7. The van der Waals surface area contributed by atoms with Gasteiger partial charge in [-0.15, -0.1) is 0 Å². The Morgan fingerprint density at radius 2 is 0.646 bits per heavy atom. The van der Waals surface area contributed by atoms with E-state index in [1.807, 2.05) is 91.0 Å². The van der Waals surface area contributed by atoms with Gasteiger partial charge in [0.2, 0.25) is 0 Å². The molecule has 16 rings (SSSR count). The number of aromatic nitrogens is 2. The van der Waals surface area contributed by atoms with Gasteiger partial charge in [-0.25, -0.2) is 0 Å². The van der Waals surface area contributed by atoms with Crippen LogP contribution in [0.1, 0.15) is 0 Å². The van der Waals surface area contributed by atoms with Crippen molar-refractivity contribution in [1.82, 2.24) is 9.13 Å². The maximum Gasteiger partial charge on any atom is 0.260 e. The molecule has 6 nitrogen and oxygen atoms in total. The lowest BCUT2D eigenvalue weighted by Gasteiger charge is -2.33. The van der Waals surface area contributed by atoms with E-state index in [-0.39, 0.29) is 6.71 Å². The first kappa shape index (κ1) is 45.9. The Morgan fingerprint density at radius 3 is 1.18 bits per heavy atom. The largest absolute Gasteiger partial charge is 0.458 e. The molecule has 2 aromatic heterocycles. The Bertz CT molecular complexity index is 4480. The summed E-state index contributed by atoms with van der Waals surface area (Å²) in [6, 6.07) is 98.6. The standard InChI is InChI=1S/C36H22BNO2.C36H25NO2/c1-4-11-30-26(8-1)27-9-2-5-12-31(27)38(30)25-19-16-23(17-20-25)24-18-21-33-29(22-24)37-28-10-3-6-13-32(28)39-34-14-7-15-35(40-33)36(34)37;1-2-9-29(10-3-1)38-31-11-8-12-32(25-31)39-30-23-19-27(20-24-30)26-17-21-28(22-18-26)37-35-15-6-4-13-33(35)34-14-5-7-16-36(34)37/h1-22H;1-25H. The highest BCUT2D eigenvalue weighted by Gasteiger charge is 2.40. The fourth-order valence-electron chi connectivity index (χ4n) is 11.6. The second-order valence-corrected chi connectivity index (χ2v) is 19.9. The number of hydrogen-bond acceptors (Lipinski definition) is 4. The summed E-state index contributed by atoms with van der Waals surface area (Å²) in [6.45, 7) is 0.0664. The summed E-state index contributed by atoms with van der Waals surface area (Å²) in [5.74, 6) is 6.58. The molecule has 0 unspecified atom stereocenters. The van der Waals surface area contributed by atoms with Crippen molar-refractivity contribution in [3.63, 3.8) is 0 Å². The van der Waals surface area contributed by atoms with E-state index in [1.54, 1.807) is 0 Å². The minimum Gasteiger partial charge on any atom is -0.458 e. The van der Waals surface area contributed by atoms with Crippen molar-refractivity contribution in [2.24, 2.45) is 0 Å². The number of benzene rings is 12. The van der Waals surface area contributed by atoms with Crippen LogP contribution in [0, 0.1) is 0 Å². The summed E-state index contributed by atoms with van der Waals surface area (Å²) in [4.78, 5) is 0. The van der Waals surface area contributed by atoms with Gasteiger partial charge in [0, 0.05) is 44.4 Å². The second kappa shape index (κ2) is 19.3. The van der Waals surface area contributed by atoms with Crippen molar-refractivity contribution >= 4 is 66.7 Å². The van der Waals surface area contributed by atoms with Gasteiger partial charge in [0.1, 0.15) is 46.0 Å². The molecule has 0 radical (unpaired) electrons. The Kier molecular flexibility index (Phi) is 11.2. The number of ether oxygens (including phenoxy) is 4. The molecular formula is C72H47BN2O4.